The van der Waals surface area contributed by atoms with E-state index in [1.54, 1.807) is 19.0 Å². The number of likely N-dealkylation sites (tertiary alicyclic amines) is 1. The van der Waals surface area contributed by atoms with Gasteiger partial charge in [0.05, 0.1) is 6.10 Å². The van der Waals surface area contributed by atoms with Gasteiger partial charge in [-0.15, -0.1) is 24.0 Å². The van der Waals surface area contributed by atoms with Crippen molar-refractivity contribution >= 4 is 35.8 Å². The first-order valence-electron chi connectivity index (χ1n) is 10.5. The molecule has 29 heavy (non-hydrogen) atoms. The Balaban J connectivity index is 0.00000300. The number of rotatable bonds is 6. The smallest absolute Gasteiger partial charge is 0.243 e. The van der Waals surface area contributed by atoms with E-state index in [1.165, 1.54) is 12.0 Å². The molecule has 0 saturated carbocycles. The molecular weight excluding hydrogens is 479 g/mol. The van der Waals surface area contributed by atoms with E-state index in [0.717, 1.165) is 57.9 Å². The molecule has 1 N–H and O–H groups in total. The third-order valence-corrected chi connectivity index (χ3v) is 5.58. The predicted molar refractivity (Wildman–Crippen MR) is 128 cm³/mol. The van der Waals surface area contributed by atoms with Crippen LogP contribution in [0.15, 0.2) is 35.3 Å². The van der Waals surface area contributed by atoms with E-state index in [0.29, 0.717) is 5.92 Å². The van der Waals surface area contributed by atoms with Gasteiger partial charge >= 0.3 is 0 Å². The van der Waals surface area contributed by atoms with Crippen LogP contribution in [0.25, 0.3) is 0 Å². The van der Waals surface area contributed by atoms with Crippen molar-refractivity contribution in [3.63, 3.8) is 0 Å². The summed E-state index contributed by atoms with van der Waals surface area (Å²) in [5.41, 5.74) is 1.39. The van der Waals surface area contributed by atoms with Gasteiger partial charge in [-0.1, -0.05) is 30.3 Å². The molecule has 3 rings (SSSR count). The number of likely N-dealkylation sites (N-methyl/N-ethyl adjacent to an activating group) is 1. The first-order chi connectivity index (χ1) is 13.6. The highest BCUT2D eigenvalue weighted by Gasteiger charge is 2.26. The van der Waals surface area contributed by atoms with Gasteiger partial charge in [0.2, 0.25) is 5.91 Å². The van der Waals surface area contributed by atoms with Crippen molar-refractivity contribution in [3.8, 4) is 0 Å². The van der Waals surface area contributed by atoms with Crippen LogP contribution in [0.5, 0.6) is 0 Å². The van der Waals surface area contributed by atoms with Crippen molar-refractivity contribution in [2.45, 2.75) is 38.2 Å². The Hall–Kier alpha value is -1.35. The number of halogens is 1. The molecule has 2 atom stereocenters. The van der Waals surface area contributed by atoms with Gasteiger partial charge in [0, 0.05) is 40.3 Å². The maximum absolute atomic E-state index is 12.0. The Morgan fingerprint density at radius 2 is 2.03 bits per heavy atom. The van der Waals surface area contributed by atoms with Gasteiger partial charge in [-0.2, -0.15) is 0 Å². The van der Waals surface area contributed by atoms with Crippen molar-refractivity contribution in [1.82, 2.24) is 15.1 Å². The number of carbonyl (C=O) groups is 1. The Kier molecular flexibility index (Phi) is 10.2. The number of nitrogens with zero attached hydrogens (tertiary/aromatic N) is 3. The Morgan fingerprint density at radius 3 is 2.72 bits per heavy atom. The number of ether oxygens (including phenoxy) is 1. The van der Waals surface area contributed by atoms with E-state index in [9.17, 15) is 4.79 Å². The zero-order valence-corrected chi connectivity index (χ0v) is 20.0. The van der Waals surface area contributed by atoms with Crippen LogP contribution >= 0.6 is 24.0 Å². The highest BCUT2D eigenvalue weighted by atomic mass is 127. The molecule has 2 saturated heterocycles. The lowest BCUT2D eigenvalue weighted by molar-refractivity contribution is -0.127. The Bertz CT molecular complexity index is 647. The van der Waals surface area contributed by atoms with E-state index >= 15 is 0 Å². The highest BCUT2D eigenvalue weighted by Crippen LogP contribution is 2.21. The molecule has 2 heterocycles. The third-order valence-electron chi connectivity index (χ3n) is 5.58. The summed E-state index contributed by atoms with van der Waals surface area (Å²) in [5.74, 6) is 1.48. The quantitative estimate of drug-likeness (QED) is 0.361. The number of amides is 1. The van der Waals surface area contributed by atoms with Gasteiger partial charge in [-0.25, -0.2) is 4.99 Å². The summed E-state index contributed by atoms with van der Waals surface area (Å²) in [6.07, 6.45) is 5.95. The molecule has 6 nitrogen and oxygen atoms in total. The van der Waals surface area contributed by atoms with E-state index in [2.05, 4.69) is 45.5 Å². The minimum Gasteiger partial charge on any atom is -0.376 e. The summed E-state index contributed by atoms with van der Waals surface area (Å²) < 4.78 is 5.84. The average molecular weight is 514 g/mol. The molecule has 1 amide bonds. The van der Waals surface area contributed by atoms with Crippen LogP contribution in [-0.4, -0.2) is 74.7 Å². The topological polar surface area (TPSA) is 57.2 Å². The second-order valence-electron chi connectivity index (χ2n) is 8.09. The third kappa shape index (κ3) is 7.77. The monoisotopic (exact) mass is 514 g/mol. The van der Waals surface area contributed by atoms with Crippen LogP contribution in [0.3, 0.4) is 0 Å². The molecule has 0 bridgehead atoms. The Labute approximate surface area is 192 Å². The van der Waals surface area contributed by atoms with E-state index in [-0.39, 0.29) is 42.5 Å². The minimum atomic E-state index is 0. The number of benzene rings is 1. The molecule has 2 aliphatic rings. The van der Waals surface area contributed by atoms with E-state index < -0.39 is 0 Å². The molecule has 2 unspecified atom stereocenters. The number of guanidine groups is 1. The number of hydrogen-bond donors (Lipinski definition) is 1. The zero-order valence-electron chi connectivity index (χ0n) is 17.7. The van der Waals surface area contributed by atoms with Crippen molar-refractivity contribution in [2.75, 3.05) is 46.9 Å². The van der Waals surface area contributed by atoms with E-state index in [4.69, 9.17) is 4.74 Å². The summed E-state index contributed by atoms with van der Waals surface area (Å²) in [7, 11) is 3.54. The first kappa shape index (κ1) is 23.9. The summed E-state index contributed by atoms with van der Waals surface area (Å²) in [6, 6.07) is 10.7. The van der Waals surface area contributed by atoms with Crippen LogP contribution in [0.1, 0.15) is 31.2 Å². The molecular formula is C22H35IN4O2. The van der Waals surface area contributed by atoms with Crippen molar-refractivity contribution in [2.24, 2.45) is 10.9 Å². The summed E-state index contributed by atoms with van der Waals surface area (Å²) in [4.78, 5) is 20.6. The minimum absolute atomic E-state index is 0. The second kappa shape index (κ2) is 12.4. The molecule has 2 aliphatic heterocycles. The highest BCUT2D eigenvalue weighted by molar-refractivity contribution is 14.0. The van der Waals surface area contributed by atoms with E-state index in [1.807, 2.05) is 0 Å². The van der Waals surface area contributed by atoms with Crippen molar-refractivity contribution in [1.29, 1.82) is 0 Å². The number of nitrogens with one attached hydrogen (secondary N) is 1. The lowest BCUT2D eigenvalue weighted by Crippen LogP contribution is -2.45. The summed E-state index contributed by atoms with van der Waals surface area (Å²) in [6.45, 7) is 3.74. The van der Waals surface area contributed by atoms with Gasteiger partial charge in [0.25, 0.3) is 0 Å². The number of aliphatic imine (C=N–C) groups is 1. The molecule has 1 aromatic rings. The van der Waals surface area contributed by atoms with Gasteiger partial charge in [0.15, 0.2) is 5.96 Å². The standard InChI is InChI=1S/C22H34N4O2.HI/c1-25(2)21(27)16-24-22(23-15-20-10-6-7-13-28-20)26-12-11-19(17-26)14-18-8-4-3-5-9-18;/h3-5,8-9,19-20H,6-7,10-17H2,1-2H3,(H,23,24);1H. The van der Waals surface area contributed by atoms with Crippen LogP contribution in [0, 0.1) is 5.92 Å². The Morgan fingerprint density at radius 1 is 1.24 bits per heavy atom. The molecule has 0 radical (unpaired) electrons. The average Bonchev–Trinajstić information content (AvgIpc) is 3.17. The molecule has 0 aromatic heterocycles. The van der Waals surface area contributed by atoms with Crippen LogP contribution in [0.2, 0.25) is 0 Å². The predicted octanol–water partition coefficient (Wildman–Crippen LogP) is 2.77. The van der Waals surface area contributed by atoms with Crippen molar-refractivity contribution < 1.29 is 9.53 Å². The SMILES string of the molecule is CN(C)C(=O)CN=C(NCC1CCCCO1)N1CCC(Cc2ccccc2)C1.I. The van der Waals surface area contributed by atoms with Gasteiger partial charge in [-0.3, -0.25) is 4.79 Å². The number of hydrogen-bond acceptors (Lipinski definition) is 3. The van der Waals surface area contributed by atoms with Gasteiger partial charge in [-0.05, 0) is 43.6 Å². The molecule has 7 heteroatoms. The summed E-state index contributed by atoms with van der Waals surface area (Å²) >= 11 is 0. The molecule has 162 valence electrons. The first-order valence-corrected chi connectivity index (χ1v) is 10.5. The zero-order chi connectivity index (χ0) is 19.8. The lowest BCUT2D eigenvalue weighted by Gasteiger charge is -2.27. The molecule has 1 aromatic carbocycles. The normalized spacial score (nSPS) is 22.1. The maximum atomic E-state index is 12.0. The van der Waals surface area contributed by atoms with Crippen LogP contribution in [0.4, 0.5) is 0 Å². The van der Waals surface area contributed by atoms with Gasteiger partial charge in [0.1, 0.15) is 6.54 Å². The number of carbonyl (C=O) groups excluding carboxylic acids is 1. The molecule has 0 aliphatic carbocycles. The summed E-state index contributed by atoms with van der Waals surface area (Å²) in [5, 5.41) is 3.49. The van der Waals surface area contributed by atoms with Crippen LogP contribution in [-0.2, 0) is 16.0 Å². The largest absolute Gasteiger partial charge is 0.376 e. The fourth-order valence-corrected chi connectivity index (χ4v) is 3.86. The molecule has 0 spiro atoms. The fourth-order valence-electron chi connectivity index (χ4n) is 3.86. The lowest BCUT2D eigenvalue weighted by atomic mass is 9.99. The van der Waals surface area contributed by atoms with Gasteiger partial charge < -0.3 is 19.9 Å². The maximum Gasteiger partial charge on any atom is 0.243 e. The molecule has 2 fully saturated rings. The second-order valence-corrected chi connectivity index (χ2v) is 8.09. The van der Waals surface area contributed by atoms with Crippen molar-refractivity contribution in [3.05, 3.63) is 35.9 Å². The fraction of sp³-hybridized carbons (Fsp3) is 0.636. The van der Waals surface area contributed by atoms with Crippen LogP contribution < -0.4 is 5.32 Å².